The molecular weight excluding hydrogens is 450 g/mol. The quantitative estimate of drug-likeness (QED) is 0.492. The molecule has 0 spiro atoms. The van der Waals surface area contributed by atoms with Gasteiger partial charge in [0.15, 0.2) is 5.75 Å². The third kappa shape index (κ3) is 5.33. The maximum Gasteiger partial charge on any atom is 0.321 e. The van der Waals surface area contributed by atoms with Crippen LogP contribution in [0.3, 0.4) is 0 Å². The van der Waals surface area contributed by atoms with Gasteiger partial charge in [0, 0.05) is 23.8 Å². The van der Waals surface area contributed by atoms with Crippen molar-refractivity contribution in [3.63, 3.8) is 0 Å². The normalized spacial score (nSPS) is 13.6. The molecule has 1 aliphatic rings. The lowest BCUT2D eigenvalue weighted by Crippen LogP contribution is -2.32. The second kappa shape index (κ2) is 9.50. The van der Waals surface area contributed by atoms with E-state index in [1.165, 1.54) is 18.2 Å². The van der Waals surface area contributed by atoms with Gasteiger partial charge >= 0.3 is 6.03 Å². The zero-order chi connectivity index (χ0) is 22.6. The molecule has 1 fully saturated rings. The average molecular weight is 472 g/mol. The monoisotopic (exact) mass is 471 g/mol. The molecule has 0 aromatic heterocycles. The lowest BCUT2D eigenvalue weighted by molar-refractivity contribution is 0.222. The number of likely N-dealkylation sites (tertiary alicyclic amines) is 1. The molecule has 0 atom stereocenters. The second-order valence-electron chi connectivity index (χ2n) is 7.31. The molecule has 0 saturated carbocycles. The van der Waals surface area contributed by atoms with Gasteiger partial charge in [-0.25, -0.2) is 13.2 Å². The maximum atomic E-state index is 13.0. The van der Waals surface area contributed by atoms with Crippen molar-refractivity contribution >= 4 is 39.0 Å². The highest BCUT2D eigenvalue weighted by Gasteiger charge is 2.20. The van der Waals surface area contributed by atoms with Gasteiger partial charge in [0.05, 0.1) is 10.6 Å². The number of hydrogen-bond acceptors (Lipinski definition) is 4. The summed E-state index contributed by atoms with van der Waals surface area (Å²) in [5.41, 5.74) is 0.740. The zero-order valence-corrected chi connectivity index (χ0v) is 18.7. The van der Waals surface area contributed by atoms with E-state index in [1.54, 1.807) is 41.3 Å². The van der Waals surface area contributed by atoms with Crippen LogP contribution in [-0.2, 0) is 10.0 Å². The molecule has 0 radical (unpaired) electrons. The SMILES string of the molecule is O=C(Nc1ccc(S(=O)(=O)Nc2cc(Cl)ccc2Oc2ccccc2)cc1)N1CCCC1. The van der Waals surface area contributed by atoms with Crippen molar-refractivity contribution in [2.24, 2.45) is 0 Å². The van der Waals surface area contributed by atoms with Crippen molar-refractivity contribution in [3.8, 4) is 11.5 Å². The van der Waals surface area contributed by atoms with E-state index in [4.69, 9.17) is 16.3 Å². The molecule has 1 heterocycles. The number of anilines is 2. The molecule has 0 unspecified atom stereocenters. The predicted octanol–water partition coefficient (Wildman–Crippen LogP) is 5.56. The van der Waals surface area contributed by atoms with Crippen LogP contribution < -0.4 is 14.8 Å². The van der Waals surface area contributed by atoms with E-state index in [0.29, 0.717) is 22.2 Å². The highest BCUT2D eigenvalue weighted by Crippen LogP contribution is 2.33. The Morgan fingerprint density at radius 3 is 2.31 bits per heavy atom. The molecule has 0 aliphatic carbocycles. The van der Waals surface area contributed by atoms with E-state index in [1.807, 2.05) is 18.2 Å². The Hall–Kier alpha value is -3.23. The minimum Gasteiger partial charge on any atom is -0.455 e. The third-order valence-electron chi connectivity index (χ3n) is 4.97. The van der Waals surface area contributed by atoms with Gasteiger partial charge in [-0.2, -0.15) is 0 Å². The molecule has 3 aromatic rings. The summed E-state index contributed by atoms with van der Waals surface area (Å²) in [5.74, 6) is 0.882. The van der Waals surface area contributed by atoms with Crippen molar-refractivity contribution < 1.29 is 17.9 Å². The summed E-state index contributed by atoms with van der Waals surface area (Å²) in [6.45, 7) is 1.46. The summed E-state index contributed by atoms with van der Waals surface area (Å²) < 4.78 is 34.3. The van der Waals surface area contributed by atoms with Crippen molar-refractivity contribution in [1.82, 2.24) is 4.90 Å². The minimum atomic E-state index is -3.92. The first-order valence-electron chi connectivity index (χ1n) is 10.1. The van der Waals surface area contributed by atoms with E-state index in [0.717, 1.165) is 25.9 Å². The number of carbonyl (C=O) groups is 1. The van der Waals surface area contributed by atoms with Crippen molar-refractivity contribution in [3.05, 3.63) is 77.8 Å². The Morgan fingerprint density at radius 1 is 0.938 bits per heavy atom. The molecule has 32 heavy (non-hydrogen) atoms. The molecule has 1 aliphatic heterocycles. The summed E-state index contributed by atoms with van der Waals surface area (Å²) in [7, 11) is -3.92. The molecule has 7 nitrogen and oxygen atoms in total. The molecule has 1 saturated heterocycles. The maximum absolute atomic E-state index is 13.0. The number of benzene rings is 3. The van der Waals surface area contributed by atoms with Crippen molar-refractivity contribution in [1.29, 1.82) is 0 Å². The van der Waals surface area contributed by atoms with E-state index >= 15 is 0 Å². The van der Waals surface area contributed by atoms with E-state index in [-0.39, 0.29) is 16.6 Å². The first-order chi connectivity index (χ1) is 15.4. The topological polar surface area (TPSA) is 87.7 Å². The van der Waals surface area contributed by atoms with Gasteiger partial charge < -0.3 is 15.0 Å². The number of nitrogens with one attached hydrogen (secondary N) is 2. The number of sulfonamides is 1. The molecule has 4 rings (SSSR count). The van der Waals surface area contributed by atoms with Crippen LogP contribution in [0, 0.1) is 0 Å². The highest BCUT2D eigenvalue weighted by atomic mass is 35.5. The lowest BCUT2D eigenvalue weighted by atomic mass is 10.3. The summed E-state index contributed by atoms with van der Waals surface area (Å²) in [4.78, 5) is 14.0. The van der Waals surface area contributed by atoms with E-state index < -0.39 is 10.0 Å². The fourth-order valence-corrected chi connectivity index (χ4v) is 4.56. The van der Waals surface area contributed by atoms with E-state index in [2.05, 4.69) is 10.0 Å². The van der Waals surface area contributed by atoms with Gasteiger partial charge in [-0.3, -0.25) is 4.72 Å². The molecular formula is C23H22ClN3O4S. The van der Waals surface area contributed by atoms with Crippen LogP contribution in [0.25, 0.3) is 0 Å². The van der Waals surface area contributed by atoms with Crippen LogP contribution in [0.15, 0.2) is 77.7 Å². The number of nitrogens with zero attached hydrogens (tertiary/aromatic N) is 1. The number of rotatable bonds is 6. The van der Waals surface area contributed by atoms with Crippen molar-refractivity contribution in [2.45, 2.75) is 17.7 Å². The van der Waals surface area contributed by atoms with Crippen LogP contribution in [0.5, 0.6) is 11.5 Å². The molecule has 9 heteroatoms. The van der Waals surface area contributed by atoms with Crippen LogP contribution >= 0.6 is 11.6 Å². The molecule has 0 bridgehead atoms. The Bertz CT molecular complexity index is 1200. The smallest absolute Gasteiger partial charge is 0.321 e. The van der Waals surface area contributed by atoms with Gasteiger partial charge in [0.2, 0.25) is 0 Å². The van der Waals surface area contributed by atoms with Gasteiger partial charge in [0.1, 0.15) is 5.75 Å². The number of carbonyl (C=O) groups excluding carboxylic acids is 1. The Labute approximate surface area is 192 Å². The van der Waals surface area contributed by atoms with E-state index in [9.17, 15) is 13.2 Å². The molecule has 3 aromatic carbocycles. The van der Waals surface area contributed by atoms with Crippen molar-refractivity contribution in [2.75, 3.05) is 23.1 Å². The molecule has 166 valence electrons. The summed E-state index contributed by atoms with van der Waals surface area (Å²) >= 11 is 6.08. The van der Waals surface area contributed by atoms with Crippen LogP contribution in [-0.4, -0.2) is 32.4 Å². The largest absolute Gasteiger partial charge is 0.455 e. The number of amides is 2. The van der Waals surface area contributed by atoms with Gasteiger partial charge in [0.25, 0.3) is 10.0 Å². The minimum absolute atomic E-state index is 0.0438. The Morgan fingerprint density at radius 2 is 1.62 bits per heavy atom. The van der Waals surface area contributed by atoms with Crippen LogP contribution in [0.1, 0.15) is 12.8 Å². The number of para-hydroxylation sites is 1. The molecule has 2 amide bonds. The van der Waals surface area contributed by atoms with Gasteiger partial charge in [-0.1, -0.05) is 29.8 Å². The highest BCUT2D eigenvalue weighted by molar-refractivity contribution is 7.92. The number of ether oxygens (including phenoxy) is 1. The zero-order valence-electron chi connectivity index (χ0n) is 17.1. The average Bonchev–Trinajstić information content (AvgIpc) is 3.32. The van der Waals surface area contributed by atoms with Gasteiger partial charge in [-0.15, -0.1) is 0 Å². The number of hydrogen-bond donors (Lipinski definition) is 2. The summed E-state index contributed by atoms with van der Waals surface area (Å²) in [5, 5.41) is 3.15. The Balaban J connectivity index is 1.50. The molecule has 2 N–H and O–H groups in total. The number of urea groups is 1. The number of halogens is 1. The van der Waals surface area contributed by atoms with Gasteiger partial charge in [-0.05, 0) is 67.4 Å². The second-order valence-corrected chi connectivity index (χ2v) is 9.43. The summed E-state index contributed by atoms with van der Waals surface area (Å²) in [6, 6.07) is 19.5. The predicted molar refractivity (Wildman–Crippen MR) is 125 cm³/mol. The van der Waals surface area contributed by atoms with Crippen LogP contribution in [0.2, 0.25) is 5.02 Å². The fourth-order valence-electron chi connectivity index (χ4n) is 3.33. The lowest BCUT2D eigenvalue weighted by Gasteiger charge is -2.16. The Kier molecular flexibility index (Phi) is 6.53. The first kappa shape index (κ1) is 22.0. The standard InChI is InChI=1S/C23H22ClN3O4S/c24-17-8-13-22(31-19-6-2-1-3-7-19)21(16-17)26-32(29,30)20-11-9-18(10-12-20)25-23(28)27-14-4-5-15-27/h1-3,6-13,16,26H,4-5,14-15H2,(H,25,28). The third-order valence-corrected chi connectivity index (χ3v) is 6.58. The first-order valence-corrected chi connectivity index (χ1v) is 12.0. The summed E-state index contributed by atoms with van der Waals surface area (Å²) in [6.07, 6.45) is 1.99. The van der Waals surface area contributed by atoms with Crippen LogP contribution in [0.4, 0.5) is 16.2 Å². The fraction of sp³-hybridized carbons (Fsp3) is 0.174.